The van der Waals surface area contributed by atoms with Gasteiger partial charge < -0.3 is 0 Å². The van der Waals surface area contributed by atoms with Gasteiger partial charge in [0.2, 0.25) is 0 Å². The van der Waals surface area contributed by atoms with E-state index in [-0.39, 0.29) is 0 Å². The molecule has 0 nitrogen and oxygen atoms in total. The predicted molar refractivity (Wildman–Crippen MR) is 59.5 cm³/mol. The maximum absolute atomic E-state index is 5.94. The maximum Gasteiger partial charge on any atom is 0.0416 e. The first-order valence-electron chi connectivity index (χ1n) is 3.53. The van der Waals surface area contributed by atoms with Crippen LogP contribution in [0.2, 0.25) is 5.02 Å². The van der Waals surface area contributed by atoms with E-state index in [1.165, 1.54) is 15.6 Å². The minimum Gasteiger partial charge on any atom is -0.143 e. The zero-order valence-corrected chi connectivity index (χ0v) is 9.34. The van der Waals surface area contributed by atoms with Gasteiger partial charge >= 0.3 is 0 Å². The topological polar surface area (TPSA) is 0 Å². The van der Waals surface area contributed by atoms with Gasteiger partial charge in [0.05, 0.1) is 0 Å². The molecule has 1 aromatic carbocycles. The summed E-state index contributed by atoms with van der Waals surface area (Å²) in [6.45, 7) is 0. The number of thiophene rings is 1. The Morgan fingerprint density at radius 2 is 2.25 bits per heavy atom. The molecule has 1 aromatic heterocycles. The lowest BCUT2D eigenvalue weighted by atomic mass is 10.2. The Bertz CT molecular complexity index is 408. The standard InChI is InChI=1S/C9H6BrClS/c10-5-7-4-8(11)3-6-1-2-12-9(6)7/h1-4H,5H2. The fourth-order valence-corrected chi connectivity index (χ4v) is 2.99. The summed E-state index contributed by atoms with van der Waals surface area (Å²) in [6, 6.07) is 6.10. The molecule has 0 fully saturated rings. The third kappa shape index (κ3) is 1.39. The molecule has 62 valence electrons. The molecule has 0 N–H and O–H groups in total. The van der Waals surface area contributed by atoms with Gasteiger partial charge in [-0.2, -0.15) is 0 Å². The molecule has 0 aliphatic heterocycles. The fraction of sp³-hybridized carbons (Fsp3) is 0.111. The normalized spacial score (nSPS) is 10.8. The average Bonchev–Trinajstić information content (AvgIpc) is 2.50. The van der Waals surface area contributed by atoms with Crippen molar-refractivity contribution in [2.75, 3.05) is 0 Å². The molecule has 0 saturated heterocycles. The van der Waals surface area contributed by atoms with E-state index in [4.69, 9.17) is 11.6 Å². The summed E-state index contributed by atoms with van der Waals surface area (Å²) in [7, 11) is 0. The van der Waals surface area contributed by atoms with Gasteiger partial charge in [-0.15, -0.1) is 11.3 Å². The van der Waals surface area contributed by atoms with E-state index < -0.39 is 0 Å². The number of hydrogen-bond acceptors (Lipinski definition) is 1. The van der Waals surface area contributed by atoms with Crippen LogP contribution >= 0.6 is 38.9 Å². The maximum atomic E-state index is 5.94. The van der Waals surface area contributed by atoms with Gasteiger partial charge in [-0.3, -0.25) is 0 Å². The third-order valence-electron chi connectivity index (χ3n) is 1.74. The van der Waals surface area contributed by atoms with E-state index in [0.717, 1.165) is 10.4 Å². The van der Waals surface area contributed by atoms with Gasteiger partial charge in [0.15, 0.2) is 0 Å². The molecule has 0 atom stereocenters. The van der Waals surface area contributed by atoms with Crippen molar-refractivity contribution < 1.29 is 0 Å². The Hall–Kier alpha value is -0.0500. The molecule has 0 radical (unpaired) electrons. The SMILES string of the molecule is Clc1cc(CBr)c2sccc2c1. The Morgan fingerprint density at radius 3 is 3.00 bits per heavy atom. The molecule has 2 rings (SSSR count). The first-order valence-corrected chi connectivity index (χ1v) is 5.91. The number of fused-ring (bicyclic) bond motifs is 1. The largest absolute Gasteiger partial charge is 0.143 e. The van der Waals surface area contributed by atoms with E-state index in [1.807, 2.05) is 12.1 Å². The molecule has 0 unspecified atom stereocenters. The molecule has 0 aliphatic rings. The summed E-state index contributed by atoms with van der Waals surface area (Å²) < 4.78 is 1.33. The highest BCUT2D eigenvalue weighted by Crippen LogP contribution is 2.29. The summed E-state index contributed by atoms with van der Waals surface area (Å²) in [6.07, 6.45) is 0. The van der Waals surface area contributed by atoms with Crippen molar-refractivity contribution in [3.63, 3.8) is 0 Å². The monoisotopic (exact) mass is 260 g/mol. The van der Waals surface area contributed by atoms with Crippen LogP contribution in [-0.4, -0.2) is 0 Å². The Labute approximate surface area is 88.3 Å². The first kappa shape index (κ1) is 8.54. The van der Waals surface area contributed by atoms with Gasteiger partial charge in [0, 0.05) is 15.1 Å². The van der Waals surface area contributed by atoms with Crippen LogP contribution in [0.4, 0.5) is 0 Å². The van der Waals surface area contributed by atoms with Crippen LogP contribution in [0.15, 0.2) is 23.6 Å². The van der Waals surface area contributed by atoms with Gasteiger partial charge in [-0.25, -0.2) is 0 Å². The predicted octanol–water partition coefficient (Wildman–Crippen LogP) is 4.45. The highest BCUT2D eigenvalue weighted by atomic mass is 79.9. The van der Waals surface area contributed by atoms with Crippen LogP contribution in [0.5, 0.6) is 0 Å². The molecule has 2 aromatic rings. The summed E-state index contributed by atoms with van der Waals surface area (Å²) in [5.41, 5.74) is 1.27. The van der Waals surface area contributed by atoms with Crippen LogP contribution in [0.3, 0.4) is 0 Å². The second-order valence-corrected chi connectivity index (χ2v) is 4.45. The van der Waals surface area contributed by atoms with E-state index in [2.05, 4.69) is 27.4 Å². The van der Waals surface area contributed by atoms with Crippen LogP contribution in [0.25, 0.3) is 10.1 Å². The van der Waals surface area contributed by atoms with Crippen LogP contribution < -0.4 is 0 Å². The number of halogens is 2. The zero-order valence-electron chi connectivity index (χ0n) is 6.18. The van der Waals surface area contributed by atoms with Crippen LogP contribution in [0, 0.1) is 0 Å². The van der Waals surface area contributed by atoms with Crippen molar-refractivity contribution in [3.8, 4) is 0 Å². The van der Waals surface area contributed by atoms with Crippen molar-refractivity contribution in [2.24, 2.45) is 0 Å². The zero-order chi connectivity index (χ0) is 8.55. The highest BCUT2D eigenvalue weighted by Gasteiger charge is 2.02. The van der Waals surface area contributed by atoms with Crippen molar-refractivity contribution in [1.82, 2.24) is 0 Å². The number of hydrogen-bond donors (Lipinski definition) is 0. The van der Waals surface area contributed by atoms with Gasteiger partial charge in [0.25, 0.3) is 0 Å². The molecule has 12 heavy (non-hydrogen) atoms. The lowest BCUT2D eigenvalue weighted by molar-refractivity contribution is 1.51. The Morgan fingerprint density at radius 1 is 1.42 bits per heavy atom. The second-order valence-electron chi connectivity index (χ2n) is 2.54. The fourth-order valence-electron chi connectivity index (χ4n) is 1.22. The Balaban J connectivity index is 2.80. The van der Waals surface area contributed by atoms with Crippen LogP contribution in [-0.2, 0) is 5.33 Å². The van der Waals surface area contributed by atoms with E-state index >= 15 is 0 Å². The summed E-state index contributed by atoms with van der Waals surface area (Å²) in [5, 5.41) is 5.01. The minimum absolute atomic E-state index is 0.815. The Kier molecular flexibility index (Phi) is 2.40. The quantitative estimate of drug-likeness (QED) is 0.665. The molecule has 0 aliphatic carbocycles. The van der Waals surface area contributed by atoms with Gasteiger partial charge in [-0.1, -0.05) is 27.5 Å². The number of rotatable bonds is 1. The average molecular weight is 262 g/mol. The number of benzene rings is 1. The molecular weight excluding hydrogens is 256 g/mol. The summed E-state index contributed by atoms with van der Waals surface area (Å²) in [5.74, 6) is 0. The lowest BCUT2D eigenvalue weighted by Gasteiger charge is -1.98. The third-order valence-corrected chi connectivity index (χ3v) is 3.56. The smallest absolute Gasteiger partial charge is 0.0416 e. The second kappa shape index (κ2) is 3.36. The minimum atomic E-state index is 0.815. The van der Waals surface area contributed by atoms with Crippen molar-refractivity contribution >= 4 is 49.0 Å². The molecule has 0 bridgehead atoms. The molecule has 3 heteroatoms. The van der Waals surface area contributed by atoms with Crippen molar-refractivity contribution in [1.29, 1.82) is 0 Å². The van der Waals surface area contributed by atoms with E-state index in [9.17, 15) is 0 Å². The molecule has 0 saturated carbocycles. The molecule has 1 heterocycles. The summed E-state index contributed by atoms with van der Waals surface area (Å²) in [4.78, 5) is 0. The molecule has 0 amide bonds. The van der Waals surface area contributed by atoms with Crippen LogP contribution in [0.1, 0.15) is 5.56 Å². The van der Waals surface area contributed by atoms with Crippen molar-refractivity contribution in [3.05, 3.63) is 34.2 Å². The van der Waals surface area contributed by atoms with Crippen molar-refractivity contribution in [2.45, 2.75) is 5.33 Å². The van der Waals surface area contributed by atoms with Gasteiger partial charge in [0.1, 0.15) is 0 Å². The molecule has 0 spiro atoms. The highest BCUT2D eigenvalue weighted by molar-refractivity contribution is 9.08. The summed E-state index contributed by atoms with van der Waals surface area (Å²) >= 11 is 11.1. The number of alkyl halides is 1. The first-order chi connectivity index (χ1) is 5.81. The van der Waals surface area contributed by atoms with E-state index in [0.29, 0.717) is 0 Å². The van der Waals surface area contributed by atoms with Gasteiger partial charge in [-0.05, 0) is 34.5 Å². The molecular formula is C9H6BrClS. The van der Waals surface area contributed by atoms with E-state index in [1.54, 1.807) is 11.3 Å². The lowest BCUT2D eigenvalue weighted by Crippen LogP contribution is -1.76.